The Hall–Kier alpha value is -3.40. The van der Waals surface area contributed by atoms with Gasteiger partial charge >= 0.3 is 0 Å². The van der Waals surface area contributed by atoms with E-state index in [2.05, 4.69) is 21.5 Å². The summed E-state index contributed by atoms with van der Waals surface area (Å²) >= 11 is 0. The summed E-state index contributed by atoms with van der Waals surface area (Å²) in [6.07, 6.45) is 1.42. The van der Waals surface area contributed by atoms with Gasteiger partial charge in [-0.2, -0.15) is 15.0 Å². The van der Waals surface area contributed by atoms with E-state index in [-0.39, 0.29) is 11.5 Å². The van der Waals surface area contributed by atoms with E-state index in [1.54, 1.807) is 27.9 Å². The molecule has 0 aliphatic rings. The number of anilines is 1. The number of rotatable bonds is 3. The number of hydrogen-bond acceptors (Lipinski definition) is 5. The fourth-order valence-corrected chi connectivity index (χ4v) is 2.67. The summed E-state index contributed by atoms with van der Waals surface area (Å²) in [6, 6.07) is 9.65. The SMILES string of the molecule is COc1cccc2c(C)cc(-n3ncc(C#N)c3NC(=O)C(C)(C)C)nc12. The van der Waals surface area contributed by atoms with Crippen LogP contribution >= 0.6 is 0 Å². The van der Waals surface area contributed by atoms with Crippen LogP contribution in [0.15, 0.2) is 30.5 Å². The third-order valence-corrected chi connectivity index (χ3v) is 4.24. The van der Waals surface area contributed by atoms with Crippen LogP contribution in [0.5, 0.6) is 5.75 Å². The number of amides is 1. The maximum atomic E-state index is 12.5. The van der Waals surface area contributed by atoms with Gasteiger partial charge < -0.3 is 10.1 Å². The molecule has 0 unspecified atom stereocenters. The highest BCUT2D eigenvalue weighted by Gasteiger charge is 2.25. The lowest BCUT2D eigenvalue weighted by molar-refractivity contribution is -0.123. The molecule has 1 aromatic carbocycles. The van der Waals surface area contributed by atoms with Crippen molar-refractivity contribution in [3.05, 3.63) is 41.6 Å². The van der Waals surface area contributed by atoms with E-state index in [0.717, 1.165) is 10.9 Å². The Kier molecular flexibility index (Phi) is 4.58. The quantitative estimate of drug-likeness (QED) is 0.767. The van der Waals surface area contributed by atoms with Gasteiger partial charge in [0.2, 0.25) is 5.91 Å². The Labute approximate surface area is 157 Å². The number of pyridine rings is 1. The normalized spacial score (nSPS) is 11.3. The molecule has 1 amide bonds. The molecule has 7 nitrogen and oxygen atoms in total. The van der Waals surface area contributed by atoms with Crippen molar-refractivity contribution >= 4 is 22.6 Å². The molecule has 0 saturated heterocycles. The van der Waals surface area contributed by atoms with Crippen LogP contribution in [0.4, 0.5) is 5.82 Å². The molecule has 2 heterocycles. The number of nitrogens with zero attached hydrogens (tertiary/aromatic N) is 4. The first-order chi connectivity index (χ1) is 12.8. The first kappa shape index (κ1) is 18.4. The molecule has 2 aromatic heterocycles. The van der Waals surface area contributed by atoms with Gasteiger partial charge in [0, 0.05) is 10.8 Å². The summed E-state index contributed by atoms with van der Waals surface area (Å²) in [5, 5.41) is 17.5. The molecular weight excluding hydrogens is 342 g/mol. The smallest absolute Gasteiger partial charge is 0.230 e. The van der Waals surface area contributed by atoms with E-state index >= 15 is 0 Å². The molecule has 0 spiro atoms. The summed E-state index contributed by atoms with van der Waals surface area (Å²) in [4.78, 5) is 17.1. The summed E-state index contributed by atoms with van der Waals surface area (Å²) < 4.78 is 6.90. The van der Waals surface area contributed by atoms with Crippen LogP contribution in [0.3, 0.4) is 0 Å². The molecule has 0 radical (unpaired) electrons. The van der Waals surface area contributed by atoms with Crippen molar-refractivity contribution in [3.8, 4) is 17.6 Å². The fraction of sp³-hybridized carbons (Fsp3) is 0.300. The first-order valence-corrected chi connectivity index (χ1v) is 8.50. The van der Waals surface area contributed by atoms with Crippen LogP contribution in [-0.4, -0.2) is 27.8 Å². The number of nitriles is 1. The van der Waals surface area contributed by atoms with Crippen LogP contribution < -0.4 is 10.1 Å². The average molecular weight is 363 g/mol. The molecule has 0 aliphatic heterocycles. The van der Waals surface area contributed by atoms with Gasteiger partial charge in [-0.1, -0.05) is 32.9 Å². The average Bonchev–Trinajstić information content (AvgIpc) is 3.03. The highest BCUT2D eigenvalue weighted by molar-refractivity contribution is 5.95. The van der Waals surface area contributed by atoms with Crippen LogP contribution in [0, 0.1) is 23.7 Å². The minimum Gasteiger partial charge on any atom is -0.494 e. The Bertz CT molecular complexity index is 1070. The molecule has 0 bridgehead atoms. The molecule has 7 heteroatoms. The maximum Gasteiger partial charge on any atom is 0.230 e. The summed E-state index contributed by atoms with van der Waals surface area (Å²) in [5.74, 6) is 1.23. The van der Waals surface area contributed by atoms with Gasteiger partial charge in [-0.05, 0) is 24.6 Å². The molecule has 27 heavy (non-hydrogen) atoms. The van der Waals surface area contributed by atoms with E-state index in [9.17, 15) is 10.1 Å². The van der Waals surface area contributed by atoms with Gasteiger partial charge in [0.05, 0.1) is 13.3 Å². The molecule has 0 saturated carbocycles. The lowest BCUT2D eigenvalue weighted by atomic mass is 9.96. The van der Waals surface area contributed by atoms with Gasteiger partial charge in [0.25, 0.3) is 0 Å². The summed E-state index contributed by atoms with van der Waals surface area (Å²) in [6.45, 7) is 7.38. The summed E-state index contributed by atoms with van der Waals surface area (Å²) in [5.41, 5.74) is 1.33. The lowest BCUT2D eigenvalue weighted by Gasteiger charge is -2.18. The van der Waals surface area contributed by atoms with Crippen LogP contribution in [0.25, 0.3) is 16.7 Å². The topological polar surface area (TPSA) is 92.8 Å². The van der Waals surface area contributed by atoms with Gasteiger partial charge in [-0.15, -0.1) is 0 Å². The van der Waals surface area contributed by atoms with Gasteiger partial charge in [0.15, 0.2) is 11.6 Å². The number of carbonyl (C=O) groups excluding carboxylic acids is 1. The molecule has 3 rings (SSSR count). The Morgan fingerprint density at radius 2 is 2.07 bits per heavy atom. The number of aryl methyl sites for hydroxylation is 1. The highest BCUT2D eigenvalue weighted by Crippen LogP contribution is 2.29. The zero-order valence-electron chi connectivity index (χ0n) is 16.0. The summed E-state index contributed by atoms with van der Waals surface area (Å²) in [7, 11) is 1.59. The van der Waals surface area contributed by atoms with E-state index < -0.39 is 5.41 Å². The van der Waals surface area contributed by atoms with Gasteiger partial charge in [-0.3, -0.25) is 4.79 Å². The number of hydrogen-bond donors (Lipinski definition) is 1. The monoisotopic (exact) mass is 363 g/mol. The van der Waals surface area contributed by atoms with Crippen molar-refractivity contribution in [2.75, 3.05) is 12.4 Å². The van der Waals surface area contributed by atoms with Crippen molar-refractivity contribution in [2.45, 2.75) is 27.7 Å². The number of para-hydroxylation sites is 1. The van der Waals surface area contributed by atoms with E-state index in [4.69, 9.17) is 4.74 Å². The highest BCUT2D eigenvalue weighted by atomic mass is 16.5. The van der Waals surface area contributed by atoms with Gasteiger partial charge in [-0.25, -0.2) is 4.98 Å². The van der Waals surface area contributed by atoms with E-state index in [1.807, 2.05) is 31.2 Å². The second kappa shape index (κ2) is 6.72. The molecule has 1 N–H and O–H groups in total. The Morgan fingerprint density at radius 3 is 2.70 bits per heavy atom. The number of methoxy groups -OCH3 is 1. The van der Waals surface area contributed by atoms with Crippen molar-refractivity contribution in [1.82, 2.24) is 14.8 Å². The second-order valence-electron chi connectivity index (χ2n) is 7.29. The number of carbonyl (C=O) groups is 1. The minimum absolute atomic E-state index is 0.212. The zero-order chi connectivity index (χ0) is 19.8. The third-order valence-electron chi connectivity index (χ3n) is 4.24. The predicted molar refractivity (Wildman–Crippen MR) is 103 cm³/mol. The molecule has 0 atom stereocenters. The predicted octanol–water partition coefficient (Wildman–Crippen LogP) is 3.59. The largest absolute Gasteiger partial charge is 0.494 e. The third kappa shape index (κ3) is 3.34. The lowest BCUT2D eigenvalue weighted by Crippen LogP contribution is -2.29. The Balaban J connectivity index is 2.19. The van der Waals surface area contributed by atoms with Crippen LogP contribution in [0.2, 0.25) is 0 Å². The van der Waals surface area contributed by atoms with Crippen LogP contribution in [0.1, 0.15) is 31.9 Å². The standard InChI is InChI=1S/C20H21N5O2/c1-12-9-16(23-17-14(12)7-6-8-15(17)27-5)25-18(13(10-21)11-22-25)24-19(26)20(2,3)4/h6-9,11H,1-5H3,(H,24,26). The maximum absolute atomic E-state index is 12.5. The van der Waals surface area contributed by atoms with E-state index in [1.165, 1.54) is 10.9 Å². The number of aromatic nitrogens is 3. The molecule has 138 valence electrons. The van der Waals surface area contributed by atoms with Crippen molar-refractivity contribution < 1.29 is 9.53 Å². The molecule has 0 fully saturated rings. The van der Waals surface area contributed by atoms with Gasteiger partial charge in [0.1, 0.15) is 22.9 Å². The number of ether oxygens (including phenoxy) is 1. The first-order valence-electron chi connectivity index (χ1n) is 8.50. The number of benzene rings is 1. The van der Waals surface area contributed by atoms with E-state index in [0.29, 0.717) is 22.9 Å². The molecule has 0 aliphatic carbocycles. The van der Waals surface area contributed by atoms with Crippen molar-refractivity contribution in [3.63, 3.8) is 0 Å². The second-order valence-corrected chi connectivity index (χ2v) is 7.29. The number of nitrogens with one attached hydrogen (secondary N) is 1. The van der Waals surface area contributed by atoms with Crippen molar-refractivity contribution in [2.24, 2.45) is 5.41 Å². The minimum atomic E-state index is -0.613. The Morgan fingerprint density at radius 1 is 1.33 bits per heavy atom. The zero-order valence-corrected chi connectivity index (χ0v) is 16.0. The number of fused-ring (bicyclic) bond motifs is 1. The van der Waals surface area contributed by atoms with Crippen LogP contribution in [-0.2, 0) is 4.79 Å². The van der Waals surface area contributed by atoms with Crippen molar-refractivity contribution in [1.29, 1.82) is 5.26 Å². The molecular formula is C20H21N5O2. The molecule has 3 aromatic rings. The fourth-order valence-electron chi connectivity index (χ4n) is 2.67.